The minimum atomic E-state index is -3.14. The fourth-order valence-corrected chi connectivity index (χ4v) is 1.09. The van der Waals surface area contributed by atoms with E-state index in [4.69, 9.17) is 18.2 Å². The fourth-order valence-electron chi connectivity index (χ4n) is 1.09. The van der Waals surface area contributed by atoms with Crippen LogP contribution < -0.4 is 10.2 Å². The third-order valence-corrected chi connectivity index (χ3v) is 1.78. The summed E-state index contributed by atoms with van der Waals surface area (Å²) in [7, 11) is 0. The van der Waals surface area contributed by atoms with Crippen LogP contribution in [0.2, 0.25) is 0 Å². The van der Waals surface area contributed by atoms with Crippen molar-refractivity contribution in [3.63, 3.8) is 0 Å². The highest BCUT2D eigenvalue weighted by atomic mass is 16.5. The molecule has 78 valence electrons. The van der Waals surface area contributed by atoms with Crippen LogP contribution in [0.4, 0.5) is 0 Å². The number of benzene rings is 1. The number of para-hydroxylation sites is 1. The number of aryl methyl sites for hydroxylation is 2. The third kappa shape index (κ3) is 2.72. The van der Waals surface area contributed by atoms with Crippen molar-refractivity contribution < 1.29 is 18.2 Å². The molecule has 0 spiro atoms. The molecule has 0 saturated carbocycles. The van der Waals surface area contributed by atoms with Gasteiger partial charge in [-0.15, -0.1) is 0 Å². The molecule has 1 unspecified atom stereocenters. The lowest BCUT2D eigenvalue weighted by Gasteiger charge is -2.14. The molecule has 0 saturated heterocycles. The standard InChI is InChI=1S/C11H17NO2/c1-8-5-4-6-9(2)11(8)14-7-10(3)12-13/h4-6,10,12-13H,7H2,1-3H3/i3D3,7D2,10D. The molecule has 0 bridgehead atoms. The van der Waals surface area contributed by atoms with E-state index >= 15 is 0 Å². The van der Waals surface area contributed by atoms with Crippen LogP contribution in [-0.4, -0.2) is 17.8 Å². The third-order valence-electron chi connectivity index (χ3n) is 1.78. The number of rotatable bonds is 4. The molecule has 0 heterocycles. The molecule has 0 aromatic heterocycles. The van der Waals surface area contributed by atoms with Gasteiger partial charge in [0.05, 0.1) is 10.1 Å². The van der Waals surface area contributed by atoms with Gasteiger partial charge in [0.2, 0.25) is 0 Å². The van der Waals surface area contributed by atoms with E-state index in [-0.39, 0.29) is 5.75 Å². The quantitative estimate of drug-likeness (QED) is 0.733. The van der Waals surface area contributed by atoms with Crippen LogP contribution in [0.15, 0.2) is 18.2 Å². The minimum Gasteiger partial charge on any atom is -0.491 e. The van der Waals surface area contributed by atoms with Crippen LogP contribution in [0, 0.1) is 13.8 Å². The molecule has 3 heteroatoms. The molecule has 1 aromatic rings. The van der Waals surface area contributed by atoms with Gasteiger partial charge in [0, 0.05) is 4.11 Å². The van der Waals surface area contributed by atoms with Crippen molar-refractivity contribution in [1.29, 1.82) is 0 Å². The summed E-state index contributed by atoms with van der Waals surface area (Å²) in [5.41, 5.74) is 2.42. The van der Waals surface area contributed by atoms with Gasteiger partial charge in [-0.05, 0) is 31.8 Å². The maximum atomic E-state index is 8.96. The number of hydrogen-bond acceptors (Lipinski definition) is 3. The predicted octanol–water partition coefficient (Wildman–Crippen LogP) is 2.05. The Hall–Kier alpha value is -1.06. The van der Waals surface area contributed by atoms with Crippen LogP contribution >= 0.6 is 0 Å². The first-order valence-electron chi connectivity index (χ1n) is 7.13. The molecular formula is C11H17NO2. The summed E-state index contributed by atoms with van der Waals surface area (Å²) in [6, 6.07) is 2.07. The first kappa shape index (κ1) is 5.14. The molecule has 0 amide bonds. The number of ether oxygens (including phenoxy) is 1. The zero-order valence-corrected chi connectivity index (χ0v) is 8.09. The van der Waals surface area contributed by atoms with Crippen molar-refractivity contribution in [1.82, 2.24) is 5.48 Å². The molecule has 0 aliphatic rings. The van der Waals surface area contributed by atoms with E-state index in [0.717, 1.165) is 0 Å². The van der Waals surface area contributed by atoms with Gasteiger partial charge in [-0.25, -0.2) is 0 Å². The van der Waals surface area contributed by atoms with E-state index in [1.165, 1.54) is 5.48 Å². The highest BCUT2D eigenvalue weighted by molar-refractivity contribution is 5.39. The highest BCUT2D eigenvalue weighted by Gasteiger charge is 2.05. The second-order valence-corrected chi connectivity index (χ2v) is 2.91. The van der Waals surface area contributed by atoms with Crippen molar-refractivity contribution >= 4 is 0 Å². The first-order valence-corrected chi connectivity index (χ1v) is 4.13. The summed E-state index contributed by atoms with van der Waals surface area (Å²) in [6.45, 7) is -2.77. The Morgan fingerprint density at radius 1 is 1.64 bits per heavy atom. The van der Waals surface area contributed by atoms with Crippen molar-refractivity contribution in [3.05, 3.63) is 29.3 Å². The Kier molecular flexibility index (Phi) is 1.83. The van der Waals surface area contributed by atoms with E-state index in [1.807, 2.05) is 0 Å². The molecule has 1 aromatic carbocycles. The zero-order valence-electron chi connectivity index (χ0n) is 14.1. The normalized spacial score (nSPS) is 23.1. The predicted molar refractivity (Wildman–Crippen MR) is 55.8 cm³/mol. The van der Waals surface area contributed by atoms with Crippen LogP contribution in [0.1, 0.15) is 26.2 Å². The molecule has 0 aliphatic heterocycles. The molecule has 0 aliphatic carbocycles. The largest absolute Gasteiger partial charge is 0.491 e. The minimum absolute atomic E-state index is 0.147. The number of nitrogens with one attached hydrogen (secondary N) is 1. The van der Waals surface area contributed by atoms with Gasteiger partial charge in [0.1, 0.15) is 12.3 Å². The van der Waals surface area contributed by atoms with Crippen LogP contribution in [0.25, 0.3) is 0 Å². The fraction of sp³-hybridized carbons (Fsp3) is 0.455. The van der Waals surface area contributed by atoms with E-state index < -0.39 is 19.4 Å². The Bertz CT molecular complexity index is 470. The summed E-state index contributed by atoms with van der Waals surface area (Å²) >= 11 is 0. The number of hydrogen-bond donors (Lipinski definition) is 2. The second-order valence-electron chi connectivity index (χ2n) is 2.91. The van der Waals surface area contributed by atoms with Gasteiger partial charge >= 0.3 is 0 Å². The summed E-state index contributed by atoms with van der Waals surface area (Å²) in [4.78, 5) is 0. The Morgan fingerprint density at radius 3 is 2.79 bits per heavy atom. The molecule has 1 atom stereocenters. The van der Waals surface area contributed by atoms with Crippen molar-refractivity contribution in [3.8, 4) is 5.75 Å². The lowest BCUT2D eigenvalue weighted by Crippen LogP contribution is -2.28. The van der Waals surface area contributed by atoms with E-state index in [0.29, 0.717) is 11.1 Å². The Balaban J connectivity index is 3.24. The van der Waals surface area contributed by atoms with Crippen molar-refractivity contribution in [2.45, 2.75) is 26.7 Å². The molecule has 14 heavy (non-hydrogen) atoms. The van der Waals surface area contributed by atoms with Gasteiger partial charge in [-0.2, -0.15) is 5.48 Å². The monoisotopic (exact) mass is 201 g/mol. The van der Waals surface area contributed by atoms with E-state index in [2.05, 4.69) is 0 Å². The Morgan fingerprint density at radius 2 is 2.29 bits per heavy atom. The zero-order chi connectivity index (χ0) is 15.8. The molecule has 0 radical (unpaired) electrons. The SMILES string of the molecule is [2H]C([2H])([2H])C([2H])(NO)C([2H])([2H])Oc1c(C)cccc1C. The molecule has 3 nitrogen and oxygen atoms in total. The Labute approximate surface area is 93.1 Å². The van der Waals surface area contributed by atoms with Gasteiger partial charge in [-0.1, -0.05) is 18.2 Å². The summed E-state index contributed by atoms with van der Waals surface area (Å²) in [5, 5.41) is 8.96. The molecule has 2 N–H and O–H groups in total. The summed E-state index contributed by atoms with van der Waals surface area (Å²) in [6.07, 6.45) is 0. The van der Waals surface area contributed by atoms with Crippen LogP contribution in [0.5, 0.6) is 5.75 Å². The number of hydroxylamine groups is 1. The smallest absolute Gasteiger partial charge is 0.125 e. The topological polar surface area (TPSA) is 41.5 Å². The summed E-state index contributed by atoms with van der Waals surface area (Å²) < 4.78 is 49.9. The van der Waals surface area contributed by atoms with Gasteiger partial charge in [0.25, 0.3) is 0 Å². The maximum Gasteiger partial charge on any atom is 0.125 e. The first-order chi connectivity index (χ1) is 8.96. The molecule has 1 rings (SSSR count). The maximum absolute atomic E-state index is 8.96. The van der Waals surface area contributed by atoms with E-state index in [9.17, 15) is 0 Å². The highest BCUT2D eigenvalue weighted by Crippen LogP contribution is 2.22. The van der Waals surface area contributed by atoms with Gasteiger partial charge in [-0.3, -0.25) is 0 Å². The van der Waals surface area contributed by atoms with Gasteiger partial charge in [0.15, 0.2) is 0 Å². The van der Waals surface area contributed by atoms with E-state index in [1.54, 1.807) is 32.0 Å². The lowest BCUT2D eigenvalue weighted by molar-refractivity contribution is 0.105. The van der Waals surface area contributed by atoms with Crippen LogP contribution in [-0.2, 0) is 0 Å². The van der Waals surface area contributed by atoms with Crippen molar-refractivity contribution in [2.75, 3.05) is 6.56 Å². The molecule has 0 fully saturated rings. The average molecular weight is 201 g/mol. The second kappa shape index (κ2) is 4.98. The lowest BCUT2D eigenvalue weighted by atomic mass is 10.1. The van der Waals surface area contributed by atoms with Gasteiger partial charge < -0.3 is 9.94 Å². The molecular weight excluding hydrogens is 178 g/mol. The summed E-state index contributed by atoms with van der Waals surface area (Å²) in [5.74, 6) is 0.147. The van der Waals surface area contributed by atoms with Crippen molar-refractivity contribution in [2.24, 2.45) is 0 Å². The average Bonchev–Trinajstić information content (AvgIpc) is 2.31. The van der Waals surface area contributed by atoms with Crippen LogP contribution in [0.3, 0.4) is 0 Å².